The average Bonchev–Trinajstić information content (AvgIpc) is 2.45. The second-order valence-electron chi connectivity index (χ2n) is 5.86. The number of hydrogen-bond donors (Lipinski definition) is 1. The maximum atomic E-state index is 12.7. The summed E-state index contributed by atoms with van der Waals surface area (Å²) < 4.78 is 62.0. The number of sulfone groups is 1. The highest BCUT2D eigenvalue weighted by Gasteiger charge is 2.44. The first-order valence-electron chi connectivity index (χ1n) is 7.57. The Balaban J connectivity index is 2.26. The molecule has 0 heterocycles. The fraction of sp³-hybridized carbons (Fsp3) is 0.600. The quantitative estimate of drug-likeness (QED) is 0.757. The average molecular weight is 377 g/mol. The van der Waals surface area contributed by atoms with Gasteiger partial charge < -0.3 is 9.47 Å². The van der Waals surface area contributed by atoms with Gasteiger partial charge in [-0.1, -0.05) is 6.07 Å². The van der Waals surface area contributed by atoms with Crippen LogP contribution in [0.2, 0.25) is 0 Å². The molecule has 2 rings (SSSR count). The lowest BCUT2D eigenvalue weighted by Gasteiger charge is -2.43. The number of aryl methyl sites for hydroxylation is 1. The van der Waals surface area contributed by atoms with Crippen LogP contribution >= 0.6 is 0 Å². The zero-order chi connectivity index (χ0) is 18.1. The Bertz CT molecular complexity index is 803. The van der Waals surface area contributed by atoms with Crippen molar-refractivity contribution in [3.8, 4) is 0 Å². The normalized spacial score (nSPS) is 24.6. The number of benzene rings is 1. The van der Waals surface area contributed by atoms with Gasteiger partial charge in [0.1, 0.15) is 0 Å². The molecular weight excluding hydrogens is 354 g/mol. The Morgan fingerprint density at radius 1 is 1.25 bits per heavy atom. The molecule has 1 fully saturated rings. The van der Waals surface area contributed by atoms with Crippen LogP contribution in [0.4, 0.5) is 0 Å². The molecule has 0 amide bonds. The number of ether oxygens (including phenoxy) is 2. The van der Waals surface area contributed by atoms with E-state index in [1.807, 2.05) is 6.92 Å². The third kappa shape index (κ3) is 3.97. The molecule has 0 saturated heterocycles. The second-order valence-corrected chi connectivity index (χ2v) is 9.56. The van der Waals surface area contributed by atoms with Gasteiger partial charge in [0.15, 0.2) is 9.84 Å². The summed E-state index contributed by atoms with van der Waals surface area (Å²) in [7, 11) is -5.85. The first-order valence-corrected chi connectivity index (χ1v) is 10.9. The fourth-order valence-electron chi connectivity index (χ4n) is 2.75. The molecule has 1 aromatic carbocycles. The van der Waals surface area contributed by atoms with E-state index in [0.717, 1.165) is 6.26 Å². The summed E-state index contributed by atoms with van der Waals surface area (Å²) in [5.74, 6) is 0. The lowest BCUT2D eigenvalue weighted by molar-refractivity contribution is -0.126. The molecule has 0 aromatic heterocycles. The maximum absolute atomic E-state index is 12.7. The number of sulfonamides is 1. The van der Waals surface area contributed by atoms with Crippen LogP contribution in [0.1, 0.15) is 18.9 Å². The molecule has 1 N–H and O–H groups in total. The van der Waals surface area contributed by atoms with E-state index in [2.05, 4.69) is 4.72 Å². The standard InChI is InChI=1S/C15H23NO6S2/c1-5-22-13-9-12(15(13)21-3)16-24(19,20)14-8-11(23(4,17)18)7-6-10(14)2/h6-8,12-13,15-16H,5,9H2,1-4H3/t12-,13-,15-/m1/s1. The molecule has 1 aromatic rings. The van der Waals surface area contributed by atoms with E-state index in [4.69, 9.17) is 9.47 Å². The van der Waals surface area contributed by atoms with Gasteiger partial charge in [-0.3, -0.25) is 0 Å². The summed E-state index contributed by atoms with van der Waals surface area (Å²) in [6, 6.07) is 3.67. The predicted octanol–water partition coefficient (Wildman–Crippen LogP) is 0.869. The van der Waals surface area contributed by atoms with Crippen LogP contribution in [0, 0.1) is 6.92 Å². The number of methoxy groups -OCH3 is 1. The summed E-state index contributed by atoms with van der Waals surface area (Å²) in [4.78, 5) is -0.0716. The van der Waals surface area contributed by atoms with E-state index in [1.165, 1.54) is 25.3 Å². The lowest BCUT2D eigenvalue weighted by atomic mass is 9.86. The summed E-state index contributed by atoms with van der Waals surface area (Å²) in [6.07, 6.45) is 1.05. The van der Waals surface area contributed by atoms with Crippen LogP contribution in [0.15, 0.2) is 28.0 Å². The van der Waals surface area contributed by atoms with E-state index in [1.54, 1.807) is 6.92 Å². The molecule has 24 heavy (non-hydrogen) atoms. The van der Waals surface area contributed by atoms with E-state index in [0.29, 0.717) is 18.6 Å². The van der Waals surface area contributed by atoms with Gasteiger partial charge in [-0.2, -0.15) is 0 Å². The Hall–Kier alpha value is -1.00. The number of nitrogens with one attached hydrogen (secondary N) is 1. The van der Waals surface area contributed by atoms with Crippen molar-refractivity contribution in [3.63, 3.8) is 0 Å². The van der Waals surface area contributed by atoms with Crippen molar-refractivity contribution >= 4 is 19.9 Å². The molecule has 0 aliphatic heterocycles. The summed E-state index contributed by atoms with van der Waals surface area (Å²) in [5.41, 5.74) is 0.476. The molecule has 1 aliphatic rings. The highest BCUT2D eigenvalue weighted by atomic mass is 32.2. The van der Waals surface area contributed by atoms with Crippen molar-refractivity contribution in [3.05, 3.63) is 23.8 Å². The molecule has 1 saturated carbocycles. The van der Waals surface area contributed by atoms with Crippen molar-refractivity contribution < 1.29 is 26.3 Å². The van der Waals surface area contributed by atoms with Crippen LogP contribution in [-0.4, -0.2) is 55.1 Å². The van der Waals surface area contributed by atoms with Gasteiger partial charge in [-0.15, -0.1) is 0 Å². The Morgan fingerprint density at radius 2 is 1.92 bits per heavy atom. The molecule has 0 spiro atoms. The van der Waals surface area contributed by atoms with E-state index >= 15 is 0 Å². The summed E-state index contributed by atoms with van der Waals surface area (Å²) in [5, 5.41) is 0. The van der Waals surface area contributed by atoms with Crippen LogP contribution in [0.5, 0.6) is 0 Å². The van der Waals surface area contributed by atoms with Crippen molar-refractivity contribution in [2.24, 2.45) is 0 Å². The Morgan fingerprint density at radius 3 is 2.46 bits per heavy atom. The van der Waals surface area contributed by atoms with Gasteiger partial charge >= 0.3 is 0 Å². The molecule has 0 unspecified atom stereocenters. The van der Waals surface area contributed by atoms with Gasteiger partial charge in [0, 0.05) is 20.0 Å². The largest absolute Gasteiger partial charge is 0.377 e. The summed E-state index contributed by atoms with van der Waals surface area (Å²) >= 11 is 0. The highest BCUT2D eigenvalue weighted by Crippen LogP contribution is 2.29. The minimum absolute atomic E-state index is 0.0300. The van der Waals surface area contributed by atoms with Crippen LogP contribution in [0.3, 0.4) is 0 Å². The van der Waals surface area contributed by atoms with Gasteiger partial charge in [0.2, 0.25) is 10.0 Å². The fourth-order valence-corrected chi connectivity index (χ4v) is 5.00. The van der Waals surface area contributed by atoms with Crippen molar-refractivity contribution in [1.82, 2.24) is 4.72 Å². The van der Waals surface area contributed by atoms with Gasteiger partial charge in [0.25, 0.3) is 0 Å². The first-order chi connectivity index (χ1) is 11.1. The molecule has 7 nitrogen and oxygen atoms in total. The SMILES string of the molecule is CCO[C@@H]1C[C@@H](NS(=O)(=O)c2cc(S(C)(=O)=O)ccc2C)[C@H]1OC. The van der Waals surface area contributed by atoms with Gasteiger partial charge in [0.05, 0.1) is 28.0 Å². The molecule has 0 radical (unpaired) electrons. The second kappa shape index (κ2) is 7.09. The molecular formula is C15H23NO6S2. The molecule has 1 aliphatic carbocycles. The smallest absolute Gasteiger partial charge is 0.241 e. The molecule has 3 atom stereocenters. The predicted molar refractivity (Wildman–Crippen MR) is 89.2 cm³/mol. The van der Waals surface area contributed by atoms with Crippen LogP contribution in [-0.2, 0) is 29.3 Å². The maximum Gasteiger partial charge on any atom is 0.241 e. The first kappa shape index (κ1) is 19.3. The zero-order valence-corrected chi connectivity index (χ0v) is 15.8. The minimum atomic E-state index is -3.87. The highest BCUT2D eigenvalue weighted by molar-refractivity contribution is 7.91. The van der Waals surface area contributed by atoms with E-state index in [-0.39, 0.29) is 22.0 Å². The third-order valence-electron chi connectivity index (χ3n) is 4.09. The van der Waals surface area contributed by atoms with Crippen LogP contribution in [0.25, 0.3) is 0 Å². The van der Waals surface area contributed by atoms with Crippen molar-refractivity contribution in [2.45, 2.75) is 48.3 Å². The Kier molecular flexibility index (Phi) is 5.71. The molecule has 0 bridgehead atoms. The summed E-state index contributed by atoms with van der Waals surface area (Å²) in [6.45, 7) is 4.02. The monoisotopic (exact) mass is 377 g/mol. The topological polar surface area (TPSA) is 98.8 Å². The van der Waals surface area contributed by atoms with Gasteiger partial charge in [-0.05, 0) is 38.0 Å². The van der Waals surface area contributed by atoms with Crippen LogP contribution < -0.4 is 4.72 Å². The van der Waals surface area contributed by atoms with E-state index in [9.17, 15) is 16.8 Å². The third-order valence-corrected chi connectivity index (χ3v) is 6.83. The zero-order valence-electron chi connectivity index (χ0n) is 14.1. The van der Waals surface area contributed by atoms with Crippen molar-refractivity contribution in [2.75, 3.05) is 20.0 Å². The van der Waals surface area contributed by atoms with Crippen molar-refractivity contribution in [1.29, 1.82) is 0 Å². The number of hydrogen-bond acceptors (Lipinski definition) is 6. The molecule has 136 valence electrons. The van der Waals surface area contributed by atoms with E-state index < -0.39 is 25.9 Å². The lowest BCUT2D eigenvalue weighted by Crippen LogP contribution is -2.60. The molecule has 9 heteroatoms. The minimum Gasteiger partial charge on any atom is -0.377 e. The number of rotatable bonds is 7. The Labute approximate surface area is 143 Å². The van der Waals surface area contributed by atoms with Gasteiger partial charge in [-0.25, -0.2) is 21.6 Å².